The summed E-state index contributed by atoms with van der Waals surface area (Å²) in [6.45, 7) is 2.97. The summed E-state index contributed by atoms with van der Waals surface area (Å²) in [5, 5.41) is 22.1. The van der Waals surface area contributed by atoms with E-state index in [9.17, 15) is 9.90 Å². The molecular formula is C25H30N4O3. The molecule has 0 bridgehead atoms. The van der Waals surface area contributed by atoms with Gasteiger partial charge < -0.3 is 15.2 Å². The molecule has 0 spiro atoms. The van der Waals surface area contributed by atoms with Gasteiger partial charge in [0.25, 0.3) is 0 Å². The first-order valence-electron chi connectivity index (χ1n) is 11.5. The lowest BCUT2D eigenvalue weighted by atomic mass is 10.0. The number of hydrogen-bond donors (Lipinski definition) is 2. The van der Waals surface area contributed by atoms with E-state index in [1.54, 1.807) is 24.3 Å². The predicted molar refractivity (Wildman–Crippen MR) is 121 cm³/mol. The number of pyridine rings is 1. The predicted octanol–water partition coefficient (Wildman–Crippen LogP) is 3.55. The summed E-state index contributed by atoms with van der Waals surface area (Å²) in [6, 6.07) is 12.5. The molecule has 4 rings (SSSR count). The number of aliphatic carboxylic acids is 1. The number of aromatic nitrogens is 1. The summed E-state index contributed by atoms with van der Waals surface area (Å²) in [5.74, 6) is 0.175. The van der Waals surface area contributed by atoms with Gasteiger partial charge in [0.15, 0.2) is 0 Å². The van der Waals surface area contributed by atoms with Gasteiger partial charge in [-0.05, 0) is 67.9 Å². The number of nitrogens with zero attached hydrogens (tertiary/aromatic N) is 3. The zero-order valence-corrected chi connectivity index (χ0v) is 18.3. The van der Waals surface area contributed by atoms with Crippen LogP contribution in [-0.4, -0.2) is 53.3 Å². The number of nitrogens with one attached hydrogen (secondary N) is 1. The van der Waals surface area contributed by atoms with Crippen LogP contribution < -0.4 is 5.32 Å². The molecule has 0 amide bonds. The number of carboxylic acids is 1. The summed E-state index contributed by atoms with van der Waals surface area (Å²) >= 11 is 0. The van der Waals surface area contributed by atoms with Crippen molar-refractivity contribution in [2.45, 2.75) is 50.7 Å². The van der Waals surface area contributed by atoms with Crippen LogP contribution in [0.4, 0.5) is 5.82 Å². The van der Waals surface area contributed by atoms with E-state index in [0.717, 1.165) is 50.2 Å². The third-order valence-corrected chi connectivity index (χ3v) is 6.26. The molecular weight excluding hydrogens is 404 g/mol. The minimum absolute atomic E-state index is 0.0568. The van der Waals surface area contributed by atoms with Crippen molar-refractivity contribution in [3.63, 3.8) is 0 Å². The van der Waals surface area contributed by atoms with Crippen molar-refractivity contribution in [1.82, 2.24) is 9.88 Å². The Morgan fingerprint density at radius 2 is 2.12 bits per heavy atom. The molecule has 0 unspecified atom stereocenters. The number of ether oxygens (including phenoxy) is 1. The molecule has 2 N–H and O–H groups in total. The molecule has 1 aromatic carbocycles. The lowest BCUT2D eigenvalue weighted by Crippen LogP contribution is -2.33. The van der Waals surface area contributed by atoms with Crippen molar-refractivity contribution in [3.05, 3.63) is 58.8 Å². The van der Waals surface area contributed by atoms with Crippen LogP contribution >= 0.6 is 0 Å². The molecule has 32 heavy (non-hydrogen) atoms. The fraction of sp³-hybridized carbons (Fsp3) is 0.480. The topological polar surface area (TPSA) is 98.5 Å². The van der Waals surface area contributed by atoms with Gasteiger partial charge in [-0.2, -0.15) is 5.26 Å². The molecule has 2 aliphatic rings. The largest absolute Gasteiger partial charge is 0.480 e. The van der Waals surface area contributed by atoms with Crippen LogP contribution in [0.2, 0.25) is 0 Å². The first kappa shape index (κ1) is 22.3. The Balaban J connectivity index is 1.21. The van der Waals surface area contributed by atoms with Gasteiger partial charge in [0, 0.05) is 31.9 Å². The van der Waals surface area contributed by atoms with E-state index >= 15 is 0 Å². The Labute approximate surface area is 189 Å². The van der Waals surface area contributed by atoms with Gasteiger partial charge in [0.2, 0.25) is 0 Å². The second kappa shape index (κ2) is 10.6. The van der Waals surface area contributed by atoms with E-state index < -0.39 is 12.0 Å². The molecule has 1 fully saturated rings. The Morgan fingerprint density at radius 1 is 1.28 bits per heavy atom. The van der Waals surface area contributed by atoms with Gasteiger partial charge in [-0.15, -0.1) is 0 Å². The van der Waals surface area contributed by atoms with E-state index in [4.69, 9.17) is 15.0 Å². The fourth-order valence-electron chi connectivity index (χ4n) is 4.54. The summed E-state index contributed by atoms with van der Waals surface area (Å²) in [6.07, 6.45) is 6.08. The minimum atomic E-state index is -0.873. The third kappa shape index (κ3) is 5.45. The van der Waals surface area contributed by atoms with Crippen LogP contribution in [0.25, 0.3) is 0 Å². The zero-order chi connectivity index (χ0) is 22.3. The maximum atomic E-state index is 11.9. The number of hydrogen-bond acceptors (Lipinski definition) is 6. The van der Waals surface area contributed by atoms with Crippen molar-refractivity contribution in [1.29, 1.82) is 5.26 Å². The molecule has 3 heterocycles. The number of aryl methyl sites for hydroxylation is 2. The van der Waals surface area contributed by atoms with E-state index in [-0.39, 0.29) is 6.10 Å². The van der Waals surface area contributed by atoms with Crippen molar-refractivity contribution >= 4 is 11.8 Å². The monoisotopic (exact) mass is 434 g/mol. The van der Waals surface area contributed by atoms with E-state index in [2.05, 4.69) is 23.5 Å². The highest BCUT2D eigenvalue weighted by Crippen LogP contribution is 2.27. The average Bonchev–Trinajstić information content (AvgIpc) is 3.27. The maximum absolute atomic E-state index is 11.9. The highest BCUT2D eigenvalue weighted by Gasteiger charge is 2.33. The first-order chi connectivity index (χ1) is 15.6. The van der Waals surface area contributed by atoms with E-state index in [1.165, 1.54) is 12.0 Å². The minimum Gasteiger partial charge on any atom is -0.480 e. The number of rotatable bonds is 9. The van der Waals surface area contributed by atoms with Crippen LogP contribution in [-0.2, 0) is 22.4 Å². The van der Waals surface area contributed by atoms with Crippen molar-refractivity contribution in [3.8, 4) is 6.07 Å². The molecule has 2 aromatic rings. The number of likely N-dealkylation sites (tertiary alicyclic amines) is 1. The summed E-state index contributed by atoms with van der Waals surface area (Å²) in [4.78, 5) is 18.6. The van der Waals surface area contributed by atoms with Crippen molar-refractivity contribution in [2.75, 3.05) is 31.6 Å². The number of anilines is 1. The molecule has 1 aromatic heterocycles. The smallest absolute Gasteiger partial charge is 0.325 e. The fourth-order valence-corrected chi connectivity index (χ4v) is 4.54. The van der Waals surface area contributed by atoms with Crippen molar-refractivity contribution in [2.24, 2.45) is 0 Å². The molecule has 0 radical (unpaired) electrons. The van der Waals surface area contributed by atoms with Crippen LogP contribution in [0, 0.1) is 11.3 Å². The lowest BCUT2D eigenvalue weighted by Gasteiger charge is -2.24. The summed E-state index contributed by atoms with van der Waals surface area (Å²) in [7, 11) is 0. The molecule has 1 saturated heterocycles. The summed E-state index contributed by atoms with van der Waals surface area (Å²) in [5.41, 5.74) is 3.67. The standard InChI is InChI=1S/C25H30N4O3/c26-16-18-6-8-19(9-7-18)23(25(30)31)29-14-12-22(17-29)32-15-2-1-5-21-11-10-20-4-3-13-27-24(20)28-21/h6-11,22-23H,1-5,12-15,17H2,(H,27,28)(H,30,31)/t22-,23+/m1/s1. The van der Waals surface area contributed by atoms with Crippen LogP contribution in [0.15, 0.2) is 36.4 Å². The maximum Gasteiger partial charge on any atom is 0.325 e. The second-order valence-corrected chi connectivity index (χ2v) is 8.55. The van der Waals surface area contributed by atoms with Gasteiger partial charge in [0.05, 0.1) is 17.7 Å². The Hall–Kier alpha value is -2.95. The normalized spacial score (nSPS) is 19.0. The van der Waals surface area contributed by atoms with Gasteiger partial charge in [-0.25, -0.2) is 4.98 Å². The second-order valence-electron chi connectivity index (χ2n) is 8.55. The molecule has 2 aliphatic heterocycles. The van der Waals surface area contributed by atoms with Gasteiger partial charge in [-0.1, -0.05) is 18.2 Å². The quantitative estimate of drug-likeness (QED) is 0.582. The Kier molecular flexibility index (Phi) is 7.35. The Morgan fingerprint density at radius 3 is 2.91 bits per heavy atom. The highest BCUT2D eigenvalue weighted by atomic mass is 16.5. The number of unbranched alkanes of at least 4 members (excludes halogenated alkanes) is 1. The third-order valence-electron chi connectivity index (χ3n) is 6.26. The van der Waals surface area contributed by atoms with Crippen LogP contribution in [0.5, 0.6) is 0 Å². The zero-order valence-electron chi connectivity index (χ0n) is 18.3. The van der Waals surface area contributed by atoms with Crippen molar-refractivity contribution < 1.29 is 14.6 Å². The number of carboxylic acid groups (broad SMARTS) is 1. The molecule has 0 saturated carbocycles. The molecule has 7 nitrogen and oxygen atoms in total. The Bertz CT molecular complexity index is 970. The number of benzene rings is 1. The molecule has 168 valence electrons. The average molecular weight is 435 g/mol. The van der Waals surface area contributed by atoms with Crippen LogP contribution in [0.1, 0.15) is 54.1 Å². The highest BCUT2D eigenvalue weighted by molar-refractivity contribution is 5.75. The van der Waals surface area contributed by atoms with Crippen LogP contribution in [0.3, 0.4) is 0 Å². The van der Waals surface area contributed by atoms with Gasteiger partial charge >= 0.3 is 5.97 Å². The molecule has 0 aliphatic carbocycles. The SMILES string of the molecule is N#Cc1ccc([C@@H](C(=O)O)N2CC[C@@H](OCCCCc3ccc4c(n3)NCCC4)C2)cc1. The lowest BCUT2D eigenvalue weighted by molar-refractivity contribution is -0.143. The van der Waals surface area contributed by atoms with E-state index in [1.807, 2.05) is 4.90 Å². The summed E-state index contributed by atoms with van der Waals surface area (Å²) < 4.78 is 6.05. The number of fused-ring (bicyclic) bond motifs is 1. The first-order valence-corrected chi connectivity index (χ1v) is 11.5. The molecule has 7 heteroatoms. The van der Waals surface area contributed by atoms with E-state index in [0.29, 0.717) is 30.8 Å². The number of carbonyl (C=O) groups is 1. The van der Waals surface area contributed by atoms with Gasteiger partial charge in [0.1, 0.15) is 11.9 Å². The van der Waals surface area contributed by atoms with Gasteiger partial charge in [-0.3, -0.25) is 9.69 Å². The number of nitriles is 1. The molecule has 2 atom stereocenters.